The van der Waals surface area contributed by atoms with Crippen LogP contribution in [0, 0.1) is 10.1 Å². The Kier molecular flexibility index (Phi) is 5.73. The van der Waals surface area contributed by atoms with Gasteiger partial charge in [0.05, 0.1) is 12.0 Å². The van der Waals surface area contributed by atoms with Crippen LogP contribution in [0.4, 0.5) is 5.69 Å². The molecule has 0 aromatic heterocycles. The lowest BCUT2D eigenvalue weighted by molar-refractivity contribution is -0.385. The second kappa shape index (κ2) is 8.03. The molecule has 0 atom stereocenters. The van der Waals surface area contributed by atoms with E-state index in [2.05, 4.69) is 4.90 Å². The van der Waals surface area contributed by atoms with E-state index < -0.39 is 14.9 Å². The van der Waals surface area contributed by atoms with Crippen LogP contribution in [0.2, 0.25) is 0 Å². The van der Waals surface area contributed by atoms with Gasteiger partial charge in [0.25, 0.3) is 5.69 Å². The summed E-state index contributed by atoms with van der Waals surface area (Å²) in [6, 6.07) is 13.6. The summed E-state index contributed by atoms with van der Waals surface area (Å²) in [4.78, 5) is 12.4. The van der Waals surface area contributed by atoms with Crippen LogP contribution in [0.25, 0.3) is 0 Å². The van der Waals surface area contributed by atoms with Crippen LogP contribution in [-0.2, 0) is 16.6 Å². The molecular formula is C18H21N3O5S. The molecule has 1 saturated heterocycles. The highest BCUT2D eigenvalue weighted by atomic mass is 32.2. The first-order valence-corrected chi connectivity index (χ1v) is 9.94. The molecular weight excluding hydrogens is 370 g/mol. The van der Waals surface area contributed by atoms with E-state index in [-0.39, 0.29) is 16.3 Å². The number of ether oxygens (including phenoxy) is 1. The SMILES string of the molecule is COc1ccc([N+](=O)[O-])cc1S(=O)(=O)N1CCN(Cc2ccccc2)CC1. The summed E-state index contributed by atoms with van der Waals surface area (Å²) in [6.45, 7) is 2.58. The van der Waals surface area contributed by atoms with E-state index in [1.54, 1.807) is 0 Å². The monoisotopic (exact) mass is 391 g/mol. The van der Waals surface area contributed by atoms with Crippen molar-refractivity contribution in [1.82, 2.24) is 9.21 Å². The molecule has 0 bridgehead atoms. The highest BCUT2D eigenvalue weighted by Gasteiger charge is 2.32. The Labute approximate surface area is 158 Å². The molecule has 8 nitrogen and oxygen atoms in total. The number of nitro benzene ring substituents is 1. The molecule has 3 rings (SSSR count). The van der Waals surface area contributed by atoms with Gasteiger partial charge in [-0.1, -0.05) is 30.3 Å². The van der Waals surface area contributed by atoms with Crippen LogP contribution in [0.15, 0.2) is 53.4 Å². The van der Waals surface area contributed by atoms with Crippen LogP contribution in [0.1, 0.15) is 5.56 Å². The molecule has 1 aliphatic heterocycles. The molecule has 0 radical (unpaired) electrons. The molecule has 144 valence electrons. The topological polar surface area (TPSA) is 93.0 Å². The van der Waals surface area contributed by atoms with Gasteiger partial charge >= 0.3 is 0 Å². The molecule has 0 unspecified atom stereocenters. The lowest BCUT2D eigenvalue weighted by Crippen LogP contribution is -2.48. The van der Waals surface area contributed by atoms with Gasteiger partial charge in [-0.25, -0.2) is 8.42 Å². The van der Waals surface area contributed by atoms with E-state index in [4.69, 9.17) is 4.74 Å². The molecule has 2 aromatic carbocycles. The van der Waals surface area contributed by atoms with Crippen LogP contribution in [0.3, 0.4) is 0 Å². The van der Waals surface area contributed by atoms with Gasteiger partial charge in [-0.3, -0.25) is 15.0 Å². The average Bonchev–Trinajstić information content (AvgIpc) is 2.68. The minimum Gasteiger partial charge on any atom is -0.495 e. The van der Waals surface area contributed by atoms with Crippen molar-refractivity contribution in [2.24, 2.45) is 0 Å². The Balaban J connectivity index is 1.75. The van der Waals surface area contributed by atoms with Crippen molar-refractivity contribution in [3.63, 3.8) is 0 Å². The lowest BCUT2D eigenvalue weighted by Gasteiger charge is -2.34. The highest BCUT2D eigenvalue weighted by molar-refractivity contribution is 7.89. The Hall–Kier alpha value is -2.49. The number of benzene rings is 2. The van der Waals surface area contributed by atoms with Crippen molar-refractivity contribution < 1.29 is 18.1 Å². The largest absolute Gasteiger partial charge is 0.495 e. The zero-order valence-corrected chi connectivity index (χ0v) is 15.8. The number of non-ortho nitro benzene ring substituents is 1. The number of hydrogen-bond donors (Lipinski definition) is 0. The number of hydrogen-bond acceptors (Lipinski definition) is 6. The number of piperazine rings is 1. The maximum absolute atomic E-state index is 13.0. The van der Waals surface area contributed by atoms with E-state index >= 15 is 0 Å². The van der Waals surface area contributed by atoms with E-state index in [1.165, 1.54) is 29.1 Å². The minimum atomic E-state index is -3.88. The van der Waals surface area contributed by atoms with E-state index in [1.807, 2.05) is 30.3 Å². The van der Waals surface area contributed by atoms with Crippen LogP contribution >= 0.6 is 0 Å². The third kappa shape index (κ3) is 4.26. The Bertz CT molecular complexity index is 910. The summed E-state index contributed by atoms with van der Waals surface area (Å²) in [5.74, 6) is 0.104. The fourth-order valence-corrected chi connectivity index (χ4v) is 4.69. The van der Waals surface area contributed by atoms with E-state index in [0.717, 1.165) is 12.6 Å². The summed E-state index contributed by atoms with van der Waals surface area (Å²) in [6.07, 6.45) is 0. The Morgan fingerprint density at radius 2 is 1.74 bits per heavy atom. The summed E-state index contributed by atoms with van der Waals surface area (Å²) in [5.41, 5.74) is 0.895. The smallest absolute Gasteiger partial charge is 0.271 e. The van der Waals surface area contributed by atoms with E-state index in [0.29, 0.717) is 26.2 Å². The Morgan fingerprint density at radius 1 is 1.07 bits per heavy atom. The first-order chi connectivity index (χ1) is 12.9. The number of rotatable bonds is 6. The van der Waals surface area contributed by atoms with Crippen LogP contribution in [-0.4, -0.2) is 55.8 Å². The van der Waals surface area contributed by atoms with Gasteiger partial charge in [-0.2, -0.15) is 4.31 Å². The maximum atomic E-state index is 13.0. The van der Waals surface area contributed by atoms with Gasteiger partial charge in [0.1, 0.15) is 10.6 Å². The fourth-order valence-electron chi connectivity index (χ4n) is 3.09. The lowest BCUT2D eigenvalue weighted by atomic mass is 10.2. The second-order valence-corrected chi connectivity index (χ2v) is 8.16. The molecule has 9 heteroatoms. The molecule has 0 amide bonds. The molecule has 2 aromatic rings. The number of methoxy groups -OCH3 is 1. The fraction of sp³-hybridized carbons (Fsp3) is 0.333. The van der Waals surface area contributed by atoms with Gasteiger partial charge in [0.2, 0.25) is 10.0 Å². The first kappa shape index (κ1) is 19.3. The zero-order chi connectivity index (χ0) is 19.4. The minimum absolute atomic E-state index is 0.104. The molecule has 1 aliphatic rings. The molecule has 1 fully saturated rings. The maximum Gasteiger partial charge on any atom is 0.271 e. The molecule has 0 saturated carbocycles. The predicted molar refractivity (Wildman–Crippen MR) is 100 cm³/mol. The molecule has 27 heavy (non-hydrogen) atoms. The van der Waals surface area contributed by atoms with Crippen molar-refractivity contribution in [1.29, 1.82) is 0 Å². The summed E-state index contributed by atoms with van der Waals surface area (Å²) in [7, 11) is -2.53. The molecule has 0 spiro atoms. The summed E-state index contributed by atoms with van der Waals surface area (Å²) in [5, 5.41) is 11.0. The van der Waals surface area contributed by atoms with Crippen LogP contribution < -0.4 is 4.74 Å². The average molecular weight is 391 g/mol. The van der Waals surface area contributed by atoms with Crippen LogP contribution in [0.5, 0.6) is 5.75 Å². The van der Waals surface area contributed by atoms with Gasteiger partial charge in [0.15, 0.2) is 0 Å². The van der Waals surface area contributed by atoms with Gasteiger partial charge in [-0.05, 0) is 11.6 Å². The van der Waals surface area contributed by atoms with Crippen molar-refractivity contribution in [2.75, 3.05) is 33.3 Å². The third-order valence-corrected chi connectivity index (χ3v) is 6.48. The van der Waals surface area contributed by atoms with Crippen molar-refractivity contribution in [3.05, 3.63) is 64.2 Å². The van der Waals surface area contributed by atoms with E-state index in [9.17, 15) is 18.5 Å². The predicted octanol–water partition coefficient (Wildman–Crippen LogP) is 2.11. The molecule has 0 aliphatic carbocycles. The first-order valence-electron chi connectivity index (χ1n) is 8.50. The van der Waals surface area contributed by atoms with Crippen molar-refractivity contribution >= 4 is 15.7 Å². The summed E-state index contributed by atoms with van der Waals surface area (Å²) < 4.78 is 32.5. The number of nitrogens with zero attached hydrogens (tertiary/aromatic N) is 3. The highest BCUT2D eigenvalue weighted by Crippen LogP contribution is 2.31. The third-order valence-electron chi connectivity index (χ3n) is 4.56. The molecule has 0 N–H and O–H groups in total. The zero-order valence-electron chi connectivity index (χ0n) is 14.9. The van der Waals surface area contributed by atoms with Gasteiger partial charge in [-0.15, -0.1) is 0 Å². The summed E-state index contributed by atoms with van der Waals surface area (Å²) >= 11 is 0. The number of nitro groups is 1. The van der Waals surface area contributed by atoms with Gasteiger partial charge < -0.3 is 4.74 Å². The molecule has 1 heterocycles. The normalized spacial score (nSPS) is 16.2. The second-order valence-electron chi connectivity index (χ2n) is 6.26. The van der Waals surface area contributed by atoms with Crippen molar-refractivity contribution in [2.45, 2.75) is 11.4 Å². The van der Waals surface area contributed by atoms with Gasteiger partial charge in [0, 0.05) is 44.9 Å². The number of sulfonamides is 1. The standard InChI is InChI=1S/C18H21N3O5S/c1-26-17-8-7-16(21(22)23)13-18(17)27(24,25)20-11-9-19(10-12-20)14-15-5-3-2-4-6-15/h2-8,13H,9-12,14H2,1H3. The van der Waals surface area contributed by atoms with Crippen molar-refractivity contribution in [3.8, 4) is 5.75 Å². The Morgan fingerprint density at radius 3 is 2.33 bits per heavy atom. The quantitative estimate of drug-likeness (QED) is 0.553.